The van der Waals surface area contributed by atoms with Gasteiger partial charge in [0, 0.05) is 12.2 Å². The van der Waals surface area contributed by atoms with Crippen molar-refractivity contribution >= 4 is 17.5 Å². The van der Waals surface area contributed by atoms with Crippen LogP contribution in [0.5, 0.6) is 0 Å². The predicted molar refractivity (Wildman–Crippen MR) is 80.3 cm³/mol. The molecule has 2 rings (SSSR count). The summed E-state index contributed by atoms with van der Waals surface area (Å²) in [5.41, 5.74) is 3.91. The van der Waals surface area contributed by atoms with E-state index in [0.29, 0.717) is 6.54 Å². The third-order valence-electron chi connectivity index (χ3n) is 3.79. The lowest BCUT2D eigenvalue weighted by molar-refractivity contribution is -0.140. The Morgan fingerprint density at radius 2 is 1.96 bits per heavy atom. The minimum absolute atomic E-state index is 0.473. The van der Waals surface area contributed by atoms with Gasteiger partial charge in [-0.15, -0.1) is 0 Å². The topological polar surface area (TPSA) is 49.4 Å². The lowest BCUT2D eigenvalue weighted by Gasteiger charge is -2.31. The molecule has 1 heterocycles. The molecule has 7 heteroatoms. The molecule has 0 saturated heterocycles. The summed E-state index contributed by atoms with van der Waals surface area (Å²) in [6.07, 6.45) is -3.44. The van der Waals surface area contributed by atoms with Crippen molar-refractivity contribution in [3.05, 3.63) is 28.8 Å². The van der Waals surface area contributed by atoms with Crippen molar-refractivity contribution in [1.82, 2.24) is 5.32 Å². The zero-order valence-corrected chi connectivity index (χ0v) is 13.1. The molecule has 1 aromatic rings. The SMILES string of the molecule is Cc1cc(C)c2c(c1)N(C(=O)CC(=O)NCC(F)(F)F)CCC2. The van der Waals surface area contributed by atoms with E-state index in [0.717, 1.165) is 35.2 Å². The molecule has 0 spiro atoms. The number of amides is 2. The molecule has 0 fully saturated rings. The summed E-state index contributed by atoms with van der Waals surface area (Å²) < 4.78 is 36.3. The van der Waals surface area contributed by atoms with Gasteiger partial charge >= 0.3 is 6.18 Å². The number of nitrogens with one attached hydrogen (secondary N) is 1. The first-order valence-corrected chi connectivity index (χ1v) is 7.41. The van der Waals surface area contributed by atoms with Gasteiger partial charge in [-0.2, -0.15) is 13.2 Å². The summed E-state index contributed by atoms with van der Waals surface area (Å²) in [6.45, 7) is 2.94. The maximum atomic E-state index is 12.3. The Kier molecular flexibility index (Phi) is 4.97. The number of halogens is 3. The van der Waals surface area contributed by atoms with Crippen LogP contribution in [0.4, 0.5) is 18.9 Å². The molecule has 1 aliphatic rings. The van der Waals surface area contributed by atoms with Gasteiger partial charge in [0.25, 0.3) is 0 Å². The van der Waals surface area contributed by atoms with E-state index in [1.807, 2.05) is 26.0 Å². The van der Waals surface area contributed by atoms with Gasteiger partial charge in [0.05, 0.1) is 0 Å². The van der Waals surface area contributed by atoms with Crippen LogP contribution in [-0.2, 0) is 16.0 Å². The smallest absolute Gasteiger partial charge is 0.347 e. The number of fused-ring (bicyclic) bond motifs is 1. The van der Waals surface area contributed by atoms with E-state index in [1.165, 1.54) is 4.90 Å². The van der Waals surface area contributed by atoms with Crippen molar-refractivity contribution < 1.29 is 22.8 Å². The molecule has 0 radical (unpaired) electrons. The normalized spacial score (nSPS) is 14.4. The zero-order chi connectivity index (χ0) is 17.2. The highest BCUT2D eigenvalue weighted by Crippen LogP contribution is 2.31. The first-order chi connectivity index (χ1) is 10.7. The summed E-state index contributed by atoms with van der Waals surface area (Å²) in [5, 5.41) is 1.73. The first kappa shape index (κ1) is 17.3. The van der Waals surface area contributed by atoms with Crippen LogP contribution >= 0.6 is 0 Å². The maximum Gasteiger partial charge on any atom is 0.405 e. The summed E-state index contributed by atoms with van der Waals surface area (Å²) in [5.74, 6) is -1.39. The fourth-order valence-electron chi connectivity index (χ4n) is 2.83. The predicted octanol–water partition coefficient (Wildman–Crippen LogP) is 2.65. The monoisotopic (exact) mass is 328 g/mol. The van der Waals surface area contributed by atoms with E-state index in [1.54, 1.807) is 5.32 Å². The lowest BCUT2D eigenvalue weighted by Crippen LogP contribution is -2.40. The molecule has 0 bridgehead atoms. The Morgan fingerprint density at radius 1 is 1.26 bits per heavy atom. The van der Waals surface area contributed by atoms with Crippen molar-refractivity contribution in [2.24, 2.45) is 0 Å². The van der Waals surface area contributed by atoms with Crippen molar-refractivity contribution in [3.63, 3.8) is 0 Å². The van der Waals surface area contributed by atoms with Crippen LogP contribution < -0.4 is 10.2 Å². The number of rotatable bonds is 3. The number of carbonyl (C=O) groups excluding carboxylic acids is 2. The highest BCUT2D eigenvalue weighted by atomic mass is 19.4. The van der Waals surface area contributed by atoms with Crippen LogP contribution in [0.3, 0.4) is 0 Å². The number of benzene rings is 1. The van der Waals surface area contributed by atoms with Gasteiger partial charge in [-0.25, -0.2) is 0 Å². The molecule has 1 aliphatic heterocycles. The Balaban J connectivity index is 2.09. The van der Waals surface area contributed by atoms with Crippen LogP contribution in [-0.4, -0.2) is 31.1 Å². The van der Waals surface area contributed by atoms with E-state index in [9.17, 15) is 22.8 Å². The van der Waals surface area contributed by atoms with Crippen LogP contribution in [0, 0.1) is 13.8 Å². The quantitative estimate of drug-likeness (QED) is 0.867. The van der Waals surface area contributed by atoms with Gasteiger partial charge in [-0.05, 0) is 49.4 Å². The average Bonchev–Trinajstić information content (AvgIpc) is 2.43. The summed E-state index contributed by atoms with van der Waals surface area (Å²) in [7, 11) is 0. The van der Waals surface area contributed by atoms with Crippen LogP contribution in [0.25, 0.3) is 0 Å². The van der Waals surface area contributed by atoms with Crippen LogP contribution in [0.15, 0.2) is 12.1 Å². The minimum Gasteiger partial charge on any atom is -0.347 e. The molecular weight excluding hydrogens is 309 g/mol. The van der Waals surface area contributed by atoms with Gasteiger partial charge in [0.2, 0.25) is 11.8 Å². The van der Waals surface area contributed by atoms with E-state index >= 15 is 0 Å². The highest BCUT2D eigenvalue weighted by molar-refractivity contribution is 6.05. The van der Waals surface area contributed by atoms with E-state index in [2.05, 4.69) is 0 Å². The van der Waals surface area contributed by atoms with Crippen molar-refractivity contribution in [1.29, 1.82) is 0 Å². The molecule has 0 aliphatic carbocycles. The number of hydrogen-bond acceptors (Lipinski definition) is 2. The highest BCUT2D eigenvalue weighted by Gasteiger charge is 2.29. The van der Waals surface area contributed by atoms with Crippen molar-refractivity contribution in [2.45, 2.75) is 39.3 Å². The summed E-state index contributed by atoms with van der Waals surface area (Å²) in [4.78, 5) is 25.3. The summed E-state index contributed by atoms with van der Waals surface area (Å²) >= 11 is 0. The van der Waals surface area contributed by atoms with E-state index in [-0.39, 0.29) is 0 Å². The third kappa shape index (κ3) is 4.46. The number of alkyl halides is 3. The number of hydrogen-bond donors (Lipinski definition) is 1. The molecule has 0 aromatic heterocycles. The fraction of sp³-hybridized carbons (Fsp3) is 0.500. The molecule has 0 atom stereocenters. The van der Waals surface area contributed by atoms with Gasteiger partial charge in [-0.3, -0.25) is 9.59 Å². The van der Waals surface area contributed by atoms with Gasteiger partial charge in [-0.1, -0.05) is 6.07 Å². The summed E-state index contributed by atoms with van der Waals surface area (Å²) in [6, 6.07) is 3.91. The Hall–Kier alpha value is -2.05. The first-order valence-electron chi connectivity index (χ1n) is 7.41. The standard InChI is InChI=1S/C16H19F3N2O2/c1-10-6-11(2)12-4-3-5-21(13(12)7-10)15(23)8-14(22)20-9-16(17,18)19/h6-7H,3-5,8-9H2,1-2H3,(H,20,22). The van der Waals surface area contributed by atoms with Crippen molar-refractivity contribution in [3.8, 4) is 0 Å². The van der Waals surface area contributed by atoms with E-state index < -0.39 is 31.0 Å². The molecule has 126 valence electrons. The second kappa shape index (κ2) is 6.60. The number of aryl methyl sites for hydroxylation is 2. The van der Waals surface area contributed by atoms with E-state index in [4.69, 9.17) is 0 Å². The molecular formula is C16H19F3N2O2. The largest absolute Gasteiger partial charge is 0.405 e. The molecule has 23 heavy (non-hydrogen) atoms. The van der Waals surface area contributed by atoms with Crippen molar-refractivity contribution in [2.75, 3.05) is 18.0 Å². The number of anilines is 1. The van der Waals surface area contributed by atoms with Gasteiger partial charge in [0.1, 0.15) is 13.0 Å². The second-order valence-corrected chi connectivity index (χ2v) is 5.80. The minimum atomic E-state index is -4.48. The number of carbonyl (C=O) groups is 2. The Morgan fingerprint density at radius 3 is 2.61 bits per heavy atom. The maximum absolute atomic E-state index is 12.3. The molecule has 0 saturated carbocycles. The number of nitrogens with zero attached hydrogens (tertiary/aromatic N) is 1. The second-order valence-electron chi connectivity index (χ2n) is 5.80. The third-order valence-corrected chi connectivity index (χ3v) is 3.79. The lowest BCUT2D eigenvalue weighted by atomic mass is 9.95. The molecule has 1 N–H and O–H groups in total. The van der Waals surface area contributed by atoms with Crippen LogP contribution in [0.1, 0.15) is 29.5 Å². The fourth-order valence-corrected chi connectivity index (χ4v) is 2.83. The molecule has 2 amide bonds. The molecule has 4 nitrogen and oxygen atoms in total. The molecule has 1 aromatic carbocycles. The van der Waals surface area contributed by atoms with Gasteiger partial charge in [0.15, 0.2) is 0 Å². The van der Waals surface area contributed by atoms with Crippen LogP contribution in [0.2, 0.25) is 0 Å². The van der Waals surface area contributed by atoms with Gasteiger partial charge < -0.3 is 10.2 Å². The Bertz CT molecular complexity index is 626. The Labute approximate surface area is 132 Å². The zero-order valence-electron chi connectivity index (χ0n) is 13.1. The average molecular weight is 328 g/mol. The molecule has 0 unspecified atom stereocenters.